The third-order valence-corrected chi connectivity index (χ3v) is 3.87. The summed E-state index contributed by atoms with van der Waals surface area (Å²) in [4.78, 5) is 24.4. The molecule has 1 aliphatic heterocycles. The number of hydrogen-bond donors (Lipinski definition) is 1. The highest BCUT2D eigenvalue weighted by Crippen LogP contribution is 2.36. The van der Waals surface area contributed by atoms with E-state index < -0.39 is 11.8 Å². The second-order valence-electron chi connectivity index (χ2n) is 5.23. The van der Waals surface area contributed by atoms with Gasteiger partial charge in [-0.15, -0.1) is 0 Å². The summed E-state index contributed by atoms with van der Waals surface area (Å²) in [6, 6.07) is 17.9. The van der Waals surface area contributed by atoms with E-state index in [4.69, 9.17) is 10.6 Å². The molecule has 1 heterocycles. The van der Waals surface area contributed by atoms with Gasteiger partial charge in [-0.3, -0.25) is 9.59 Å². The second kappa shape index (κ2) is 4.93. The van der Waals surface area contributed by atoms with Gasteiger partial charge in [-0.25, -0.2) is 10.9 Å². The van der Waals surface area contributed by atoms with E-state index in [1.165, 1.54) is 0 Å². The zero-order valence-corrected chi connectivity index (χ0v) is 12.0. The number of imide groups is 1. The van der Waals surface area contributed by atoms with Crippen LogP contribution in [-0.2, 0) is 0 Å². The predicted octanol–water partition coefficient (Wildman–Crippen LogP) is 3.10. The van der Waals surface area contributed by atoms with Crippen LogP contribution in [0.4, 0.5) is 0 Å². The van der Waals surface area contributed by atoms with Crippen molar-refractivity contribution in [3.8, 4) is 11.5 Å². The molecule has 2 N–H and O–H groups in total. The molecule has 0 saturated heterocycles. The first-order chi connectivity index (χ1) is 11.2. The van der Waals surface area contributed by atoms with Gasteiger partial charge in [0.2, 0.25) is 0 Å². The van der Waals surface area contributed by atoms with Gasteiger partial charge in [0.15, 0.2) is 0 Å². The first-order valence-corrected chi connectivity index (χ1v) is 7.09. The van der Waals surface area contributed by atoms with Crippen LogP contribution in [-0.4, -0.2) is 16.8 Å². The molecule has 0 aliphatic carbocycles. The molecule has 4 rings (SSSR count). The Morgan fingerprint density at radius 3 is 2.22 bits per heavy atom. The largest absolute Gasteiger partial charge is 0.457 e. The number of amides is 2. The van der Waals surface area contributed by atoms with Crippen LogP contribution in [0, 0.1) is 0 Å². The topological polar surface area (TPSA) is 72.6 Å². The summed E-state index contributed by atoms with van der Waals surface area (Å²) in [5.41, 5.74) is 0.802. The minimum absolute atomic E-state index is 0.401. The standard InChI is InChI=1S/C18H12N2O3/c19-20-17(21)13-8-4-7-12-15(23-11-5-2-1-3-6-11)10-9-14(16(12)13)18(20)22/h1-10H,19H2. The van der Waals surface area contributed by atoms with E-state index >= 15 is 0 Å². The van der Waals surface area contributed by atoms with Crippen LogP contribution in [0.1, 0.15) is 20.7 Å². The molecule has 0 unspecified atom stereocenters. The van der Waals surface area contributed by atoms with Crippen molar-refractivity contribution in [1.29, 1.82) is 0 Å². The highest BCUT2D eigenvalue weighted by atomic mass is 16.5. The number of para-hydroxylation sites is 1. The summed E-state index contributed by atoms with van der Waals surface area (Å²) >= 11 is 0. The summed E-state index contributed by atoms with van der Waals surface area (Å²) < 4.78 is 5.90. The number of benzene rings is 3. The normalized spacial score (nSPS) is 13.5. The lowest BCUT2D eigenvalue weighted by Crippen LogP contribution is -2.45. The number of hydrazine groups is 1. The molecule has 3 aromatic carbocycles. The summed E-state index contributed by atoms with van der Waals surface area (Å²) in [5, 5.41) is 1.94. The Kier molecular flexibility index (Phi) is 2.89. The van der Waals surface area contributed by atoms with Gasteiger partial charge < -0.3 is 4.74 Å². The van der Waals surface area contributed by atoms with E-state index in [1.54, 1.807) is 24.3 Å². The number of carbonyl (C=O) groups is 2. The Balaban J connectivity index is 1.95. The first-order valence-electron chi connectivity index (χ1n) is 7.09. The molecule has 0 bridgehead atoms. The Morgan fingerprint density at radius 2 is 1.48 bits per heavy atom. The van der Waals surface area contributed by atoms with Gasteiger partial charge in [0.25, 0.3) is 11.8 Å². The number of carbonyl (C=O) groups excluding carboxylic acids is 2. The molecule has 23 heavy (non-hydrogen) atoms. The van der Waals surface area contributed by atoms with E-state index in [-0.39, 0.29) is 0 Å². The number of rotatable bonds is 2. The summed E-state index contributed by atoms with van der Waals surface area (Å²) in [6.45, 7) is 0. The summed E-state index contributed by atoms with van der Waals surface area (Å²) in [7, 11) is 0. The second-order valence-corrected chi connectivity index (χ2v) is 5.23. The van der Waals surface area contributed by atoms with Crippen molar-refractivity contribution < 1.29 is 14.3 Å². The number of ether oxygens (including phenoxy) is 1. The Morgan fingerprint density at radius 1 is 0.783 bits per heavy atom. The highest BCUT2D eigenvalue weighted by molar-refractivity contribution is 6.25. The van der Waals surface area contributed by atoms with Gasteiger partial charge in [0.05, 0.1) is 11.1 Å². The molecule has 0 fully saturated rings. The number of nitrogens with two attached hydrogens (primary N) is 1. The van der Waals surface area contributed by atoms with E-state index in [1.807, 2.05) is 36.4 Å². The monoisotopic (exact) mass is 304 g/mol. The van der Waals surface area contributed by atoms with Crippen molar-refractivity contribution in [3.05, 3.63) is 71.8 Å². The zero-order chi connectivity index (χ0) is 16.0. The Bertz CT molecular complexity index is 929. The smallest absolute Gasteiger partial charge is 0.275 e. The zero-order valence-electron chi connectivity index (χ0n) is 12.0. The van der Waals surface area contributed by atoms with Gasteiger partial charge >= 0.3 is 0 Å². The lowest BCUT2D eigenvalue weighted by molar-refractivity contribution is 0.0610. The van der Waals surface area contributed by atoms with Gasteiger partial charge in [-0.1, -0.05) is 30.3 Å². The Labute approximate surface area is 131 Å². The maximum atomic E-state index is 12.2. The van der Waals surface area contributed by atoms with Crippen LogP contribution >= 0.6 is 0 Å². The van der Waals surface area contributed by atoms with Gasteiger partial charge in [-0.2, -0.15) is 0 Å². The van der Waals surface area contributed by atoms with E-state index in [0.717, 1.165) is 0 Å². The van der Waals surface area contributed by atoms with Gasteiger partial charge in [-0.05, 0) is 30.3 Å². The fraction of sp³-hybridized carbons (Fsp3) is 0. The summed E-state index contributed by atoms with van der Waals surface area (Å²) in [6.07, 6.45) is 0. The molecular weight excluding hydrogens is 292 g/mol. The predicted molar refractivity (Wildman–Crippen MR) is 85.2 cm³/mol. The molecule has 5 heteroatoms. The molecule has 0 saturated carbocycles. The van der Waals surface area contributed by atoms with E-state index in [9.17, 15) is 9.59 Å². The SMILES string of the molecule is NN1C(=O)c2cccc3c(Oc4ccccc4)ccc(c23)C1=O. The molecule has 0 aromatic heterocycles. The van der Waals surface area contributed by atoms with E-state index in [0.29, 0.717) is 38.4 Å². The lowest BCUT2D eigenvalue weighted by atomic mass is 9.94. The van der Waals surface area contributed by atoms with Crippen LogP contribution in [0.5, 0.6) is 11.5 Å². The molecular formula is C18H12N2O3. The molecule has 0 atom stereocenters. The quantitative estimate of drug-likeness (QED) is 0.448. The first kappa shape index (κ1) is 13.5. The maximum absolute atomic E-state index is 12.2. The highest BCUT2D eigenvalue weighted by Gasteiger charge is 2.31. The Hall–Kier alpha value is -3.18. The van der Waals surface area contributed by atoms with Crippen molar-refractivity contribution in [1.82, 2.24) is 5.01 Å². The fourth-order valence-electron chi connectivity index (χ4n) is 2.79. The molecule has 3 aromatic rings. The molecule has 1 aliphatic rings. The van der Waals surface area contributed by atoms with Crippen molar-refractivity contribution >= 4 is 22.6 Å². The molecule has 0 radical (unpaired) electrons. The molecule has 2 amide bonds. The van der Waals surface area contributed by atoms with Crippen LogP contribution < -0.4 is 10.6 Å². The molecule has 5 nitrogen and oxygen atoms in total. The average Bonchev–Trinajstić information content (AvgIpc) is 2.59. The minimum atomic E-state index is -0.509. The van der Waals surface area contributed by atoms with Gasteiger partial charge in [0, 0.05) is 10.8 Å². The van der Waals surface area contributed by atoms with E-state index in [2.05, 4.69) is 0 Å². The average molecular weight is 304 g/mol. The lowest BCUT2D eigenvalue weighted by Gasteiger charge is -2.23. The molecule has 0 spiro atoms. The van der Waals surface area contributed by atoms with Gasteiger partial charge in [0.1, 0.15) is 11.5 Å². The third-order valence-electron chi connectivity index (χ3n) is 3.87. The summed E-state index contributed by atoms with van der Waals surface area (Å²) in [5.74, 6) is 5.83. The number of hydrogen-bond acceptors (Lipinski definition) is 4. The number of nitrogens with zero attached hydrogens (tertiary/aromatic N) is 1. The molecule has 112 valence electrons. The van der Waals surface area contributed by atoms with Crippen LogP contribution in [0.3, 0.4) is 0 Å². The van der Waals surface area contributed by atoms with Crippen molar-refractivity contribution in [2.24, 2.45) is 5.84 Å². The van der Waals surface area contributed by atoms with Crippen LogP contribution in [0.2, 0.25) is 0 Å². The minimum Gasteiger partial charge on any atom is -0.457 e. The van der Waals surface area contributed by atoms with Crippen LogP contribution in [0.25, 0.3) is 10.8 Å². The fourth-order valence-corrected chi connectivity index (χ4v) is 2.79. The van der Waals surface area contributed by atoms with Crippen molar-refractivity contribution in [2.75, 3.05) is 0 Å². The third kappa shape index (κ3) is 1.98. The van der Waals surface area contributed by atoms with Crippen molar-refractivity contribution in [2.45, 2.75) is 0 Å². The maximum Gasteiger partial charge on any atom is 0.275 e. The van der Waals surface area contributed by atoms with Crippen molar-refractivity contribution in [3.63, 3.8) is 0 Å². The van der Waals surface area contributed by atoms with Crippen LogP contribution in [0.15, 0.2) is 60.7 Å².